The third-order valence-corrected chi connectivity index (χ3v) is 5.53. The van der Waals surface area contributed by atoms with Gasteiger partial charge in [0, 0.05) is 19.0 Å². The van der Waals surface area contributed by atoms with Gasteiger partial charge in [-0.1, -0.05) is 44.2 Å². The average molecular weight is 423 g/mol. The molecule has 1 atom stereocenters. The topological polar surface area (TPSA) is 109 Å². The normalized spacial score (nSPS) is 14.4. The molecule has 162 valence electrons. The molecule has 2 N–H and O–H groups in total. The van der Waals surface area contributed by atoms with Crippen molar-refractivity contribution in [3.05, 3.63) is 58.0 Å². The van der Waals surface area contributed by atoms with Crippen molar-refractivity contribution in [2.75, 3.05) is 13.7 Å². The van der Waals surface area contributed by atoms with Gasteiger partial charge in [-0.3, -0.25) is 9.89 Å². The fourth-order valence-electron chi connectivity index (χ4n) is 3.77. The van der Waals surface area contributed by atoms with Crippen LogP contribution in [0, 0.1) is 5.92 Å². The van der Waals surface area contributed by atoms with E-state index in [0.29, 0.717) is 29.9 Å². The van der Waals surface area contributed by atoms with Crippen molar-refractivity contribution in [2.45, 2.75) is 32.9 Å². The zero-order chi connectivity index (χ0) is 22.1. The van der Waals surface area contributed by atoms with Crippen molar-refractivity contribution in [3.8, 4) is 11.3 Å². The molecule has 2 aromatic heterocycles. The second kappa shape index (κ2) is 8.25. The number of H-pyrrole nitrogens is 1. The van der Waals surface area contributed by atoms with E-state index in [-0.39, 0.29) is 18.0 Å². The van der Waals surface area contributed by atoms with E-state index in [1.807, 2.05) is 50.2 Å². The maximum atomic E-state index is 13.1. The highest BCUT2D eigenvalue weighted by molar-refractivity contribution is 5.84. The van der Waals surface area contributed by atoms with Crippen molar-refractivity contribution in [2.24, 2.45) is 5.92 Å². The van der Waals surface area contributed by atoms with E-state index in [0.717, 1.165) is 11.3 Å². The van der Waals surface area contributed by atoms with Gasteiger partial charge in [-0.05, 0) is 11.5 Å². The number of fused-ring (bicyclic) bond motifs is 2. The first-order valence-corrected chi connectivity index (χ1v) is 10.2. The number of hydrogen-bond donors (Lipinski definition) is 2. The zero-order valence-electron chi connectivity index (χ0n) is 17.7. The summed E-state index contributed by atoms with van der Waals surface area (Å²) < 4.78 is 6.20. The number of amides is 2. The second-order valence-corrected chi connectivity index (χ2v) is 7.94. The zero-order valence-corrected chi connectivity index (χ0v) is 17.7. The van der Waals surface area contributed by atoms with Crippen LogP contribution in [0.5, 0.6) is 0 Å². The van der Waals surface area contributed by atoms with E-state index in [1.54, 1.807) is 0 Å². The monoisotopic (exact) mass is 423 g/mol. The van der Waals surface area contributed by atoms with Crippen LogP contribution in [0.2, 0.25) is 0 Å². The summed E-state index contributed by atoms with van der Waals surface area (Å²) in [6.07, 6.45) is 0.463. The number of rotatable bonds is 4. The van der Waals surface area contributed by atoms with Crippen LogP contribution in [0.25, 0.3) is 16.9 Å². The molecule has 2 amide bonds. The molecular formula is C22H25N5O4. The molecule has 31 heavy (non-hydrogen) atoms. The van der Waals surface area contributed by atoms with E-state index in [4.69, 9.17) is 4.74 Å². The Morgan fingerprint density at radius 3 is 2.65 bits per heavy atom. The van der Waals surface area contributed by atoms with Crippen molar-refractivity contribution in [1.29, 1.82) is 0 Å². The molecule has 0 saturated carbocycles. The number of carbonyl (C=O) groups excluding carboxylic acids is 2. The first-order chi connectivity index (χ1) is 14.9. The molecule has 9 heteroatoms. The summed E-state index contributed by atoms with van der Waals surface area (Å²) >= 11 is 0. The molecule has 1 aliphatic rings. The van der Waals surface area contributed by atoms with Crippen LogP contribution < -0.4 is 10.9 Å². The highest BCUT2D eigenvalue weighted by Crippen LogP contribution is 2.20. The van der Waals surface area contributed by atoms with E-state index in [2.05, 4.69) is 15.4 Å². The number of nitrogens with zero attached hydrogens (tertiary/aromatic N) is 3. The first-order valence-electron chi connectivity index (χ1n) is 10.2. The highest BCUT2D eigenvalue weighted by Gasteiger charge is 2.30. The van der Waals surface area contributed by atoms with Crippen molar-refractivity contribution >= 4 is 17.6 Å². The summed E-state index contributed by atoms with van der Waals surface area (Å²) in [6.45, 7) is 4.19. The molecule has 0 fully saturated rings. The lowest BCUT2D eigenvalue weighted by Crippen LogP contribution is -2.52. The molecule has 0 bridgehead atoms. The quantitative estimate of drug-likeness (QED) is 0.624. The molecule has 1 aromatic carbocycles. The van der Waals surface area contributed by atoms with Gasteiger partial charge in [0.2, 0.25) is 0 Å². The summed E-state index contributed by atoms with van der Waals surface area (Å²) in [5, 5.41) is 5.83. The van der Waals surface area contributed by atoms with E-state index in [1.165, 1.54) is 16.5 Å². The van der Waals surface area contributed by atoms with Crippen LogP contribution in [-0.2, 0) is 22.5 Å². The summed E-state index contributed by atoms with van der Waals surface area (Å²) in [7, 11) is 1.29. The molecule has 0 radical (unpaired) electrons. The lowest BCUT2D eigenvalue weighted by atomic mass is 10.0. The fraction of sp³-hybridized carbons (Fsp3) is 0.364. The summed E-state index contributed by atoms with van der Waals surface area (Å²) in [4.78, 5) is 44.0. The number of carbonyl (C=O) groups is 2. The van der Waals surface area contributed by atoms with Gasteiger partial charge in [0.1, 0.15) is 6.04 Å². The largest absolute Gasteiger partial charge is 0.467 e. The lowest BCUT2D eigenvalue weighted by molar-refractivity contribution is -0.144. The number of methoxy groups -OCH3 is 1. The Kier molecular flexibility index (Phi) is 5.50. The number of aromatic amines is 1. The number of urea groups is 1. The minimum Gasteiger partial charge on any atom is -0.467 e. The van der Waals surface area contributed by atoms with Crippen molar-refractivity contribution in [3.63, 3.8) is 0 Å². The molecule has 0 aliphatic carbocycles. The average Bonchev–Trinajstić information content (AvgIpc) is 3.21. The molecule has 3 aromatic rings. The Bertz CT molecular complexity index is 1180. The van der Waals surface area contributed by atoms with Gasteiger partial charge >= 0.3 is 12.0 Å². The predicted octanol–water partition coefficient (Wildman–Crippen LogP) is 1.95. The summed E-state index contributed by atoms with van der Waals surface area (Å²) in [5.41, 5.74) is 3.23. The number of aromatic nitrogens is 3. The Labute approximate surface area is 179 Å². The van der Waals surface area contributed by atoms with Crippen LogP contribution in [0.3, 0.4) is 0 Å². The maximum absolute atomic E-state index is 13.1. The smallest absolute Gasteiger partial charge is 0.328 e. The Morgan fingerprint density at radius 1 is 1.23 bits per heavy atom. The van der Waals surface area contributed by atoms with E-state index in [9.17, 15) is 14.4 Å². The van der Waals surface area contributed by atoms with E-state index >= 15 is 0 Å². The van der Waals surface area contributed by atoms with Crippen LogP contribution in [0.15, 0.2) is 41.2 Å². The van der Waals surface area contributed by atoms with Crippen LogP contribution in [0.1, 0.15) is 25.1 Å². The third kappa shape index (κ3) is 3.90. The van der Waals surface area contributed by atoms with Gasteiger partial charge in [-0.2, -0.15) is 0 Å². The van der Waals surface area contributed by atoms with Gasteiger partial charge in [0.25, 0.3) is 5.56 Å². The molecule has 1 unspecified atom stereocenters. The number of ether oxygens (including phenoxy) is 1. The SMILES string of the molecule is COC(=O)C(NC(=O)N1CCc2nc3cc(-c4ccccc4)[nH]n3c(=O)c2C1)C(C)C. The van der Waals surface area contributed by atoms with E-state index < -0.39 is 18.0 Å². The maximum Gasteiger partial charge on any atom is 0.328 e. The number of nitrogens with one attached hydrogen (secondary N) is 2. The molecule has 0 spiro atoms. The number of hydrogen-bond acceptors (Lipinski definition) is 5. The fourth-order valence-corrected chi connectivity index (χ4v) is 3.77. The van der Waals surface area contributed by atoms with Crippen LogP contribution >= 0.6 is 0 Å². The van der Waals surface area contributed by atoms with Crippen LogP contribution in [-0.4, -0.2) is 51.2 Å². The standard InChI is InChI=1S/C22H25N5O4/c1-13(2)19(21(29)31-3)24-22(30)26-10-9-16-15(12-26)20(28)27-18(23-16)11-17(25-27)14-7-5-4-6-8-14/h4-8,11,13,19,25H,9-10,12H2,1-3H3,(H,24,30). The Balaban J connectivity index is 1.61. The Morgan fingerprint density at radius 2 is 1.97 bits per heavy atom. The van der Waals surface area contributed by atoms with Gasteiger partial charge in [-0.25, -0.2) is 19.1 Å². The molecule has 9 nitrogen and oxygen atoms in total. The molecule has 1 aliphatic heterocycles. The lowest BCUT2D eigenvalue weighted by Gasteiger charge is -2.30. The number of esters is 1. The summed E-state index contributed by atoms with van der Waals surface area (Å²) in [5.74, 6) is -0.625. The summed E-state index contributed by atoms with van der Waals surface area (Å²) in [6, 6.07) is 10.4. The van der Waals surface area contributed by atoms with Gasteiger partial charge in [0.05, 0.1) is 30.6 Å². The van der Waals surface area contributed by atoms with Gasteiger partial charge in [0.15, 0.2) is 5.65 Å². The second-order valence-electron chi connectivity index (χ2n) is 7.94. The van der Waals surface area contributed by atoms with Crippen molar-refractivity contribution in [1.82, 2.24) is 24.8 Å². The molecule has 4 rings (SSSR count). The molecular weight excluding hydrogens is 398 g/mol. The minimum absolute atomic E-state index is 0.127. The minimum atomic E-state index is -0.752. The first kappa shape index (κ1) is 20.6. The van der Waals surface area contributed by atoms with Crippen molar-refractivity contribution < 1.29 is 14.3 Å². The van der Waals surface area contributed by atoms with Gasteiger partial charge < -0.3 is 15.0 Å². The van der Waals surface area contributed by atoms with Crippen LogP contribution in [0.4, 0.5) is 4.79 Å². The molecule has 0 saturated heterocycles. The Hall–Kier alpha value is -3.62. The van der Waals surface area contributed by atoms with Gasteiger partial charge in [-0.15, -0.1) is 0 Å². The predicted molar refractivity (Wildman–Crippen MR) is 115 cm³/mol. The number of benzene rings is 1. The molecule has 3 heterocycles. The highest BCUT2D eigenvalue weighted by atomic mass is 16.5. The third-order valence-electron chi connectivity index (χ3n) is 5.53.